The predicted molar refractivity (Wildman–Crippen MR) is 68.5 cm³/mol. The van der Waals surface area contributed by atoms with E-state index in [1.54, 1.807) is 6.92 Å². The fourth-order valence-corrected chi connectivity index (χ4v) is 2.51. The van der Waals surface area contributed by atoms with Gasteiger partial charge in [-0.05, 0) is 26.2 Å². The van der Waals surface area contributed by atoms with E-state index in [0.29, 0.717) is 19.5 Å². The molecule has 4 heteroatoms. The highest BCUT2D eigenvalue weighted by Gasteiger charge is 2.36. The van der Waals surface area contributed by atoms with Crippen molar-refractivity contribution in [1.29, 1.82) is 0 Å². The van der Waals surface area contributed by atoms with Gasteiger partial charge in [-0.3, -0.25) is 4.79 Å². The Hall–Kier alpha value is -0.610. The van der Waals surface area contributed by atoms with Gasteiger partial charge in [0.05, 0.1) is 11.5 Å². The summed E-state index contributed by atoms with van der Waals surface area (Å²) in [6, 6.07) is 0. The van der Waals surface area contributed by atoms with Gasteiger partial charge in [0.25, 0.3) is 0 Å². The van der Waals surface area contributed by atoms with Crippen molar-refractivity contribution in [3.8, 4) is 0 Å². The Balaban J connectivity index is 2.49. The fourth-order valence-electron chi connectivity index (χ4n) is 2.51. The summed E-state index contributed by atoms with van der Waals surface area (Å²) in [6.07, 6.45) is 6.67. The fraction of sp³-hybridized carbons (Fsp3) is 0.923. The first-order chi connectivity index (χ1) is 8.10. The molecule has 1 aliphatic carbocycles. The van der Waals surface area contributed by atoms with Crippen molar-refractivity contribution in [2.24, 2.45) is 11.1 Å². The van der Waals surface area contributed by atoms with E-state index in [0.717, 1.165) is 25.7 Å². The lowest BCUT2D eigenvalue weighted by molar-refractivity contribution is -0.131. The molecule has 0 spiro atoms. The average Bonchev–Trinajstić information content (AvgIpc) is 2.54. The molecule has 0 aromatic rings. The van der Waals surface area contributed by atoms with Gasteiger partial charge < -0.3 is 16.2 Å². The van der Waals surface area contributed by atoms with Crippen LogP contribution in [0.5, 0.6) is 0 Å². The maximum absolute atomic E-state index is 12.2. The second-order valence-electron chi connectivity index (χ2n) is 5.29. The molecule has 0 aromatic heterocycles. The van der Waals surface area contributed by atoms with Crippen molar-refractivity contribution in [1.82, 2.24) is 5.32 Å². The maximum atomic E-state index is 12.2. The molecule has 4 N–H and O–H groups in total. The molecule has 1 aliphatic rings. The van der Waals surface area contributed by atoms with E-state index >= 15 is 0 Å². The van der Waals surface area contributed by atoms with Gasteiger partial charge in [-0.2, -0.15) is 0 Å². The van der Waals surface area contributed by atoms with Gasteiger partial charge >= 0.3 is 0 Å². The molecular weight excluding hydrogens is 216 g/mol. The molecule has 1 amide bonds. The molecule has 0 bridgehead atoms. The van der Waals surface area contributed by atoms with Gasteiger partial charge in [0, 0.05) is 13.1 Å². The molecule has 0 radical (unpaired) electrons. The quantitative estimate of drug-likeness (QED) is 0.634. The number of hydrogen-bond acceptors (Lipinski definition) is 3. The van der Waals surface area contributed by atoms with Crippen LogP contribution < -0.4 is 11.1 Å². The van der Waals surface area contributed by atoms with Crippen LogP contribution >= 0.6 is 0 Å². The highest BCUT2D eigenvalue weighted by molar-refractivity contribution is 5.82. The summed E-state index contributed by atoms with van der Waals surface area (Å²) in [5.41, 5.74) is 5.48. The minimum absolute atomic E-state index is 0.0857. The molecule has 1 atom stereocenters. The summed E-state index contributed by atoms with van der Waals surface area (Å²) in [4.78, 5) is 12.2. The zero-order valence-electron chi connectivity index (χ0n) is 10.9. The Morgan fingerprint density at radius 2 is 1.94 bits per heavy atom. The van der Waals surface area contributed by atoms with Crippen molar-refractivity contribution in [3.63, 3.8) is 0 Å². The van der Waals surface area contributed by atoms with Crippen molar-refractivity contribution < 1.29 is 9.90 Å². The highest BCUT2D eigenvalue weighted by Crippen LogP contribution is 2.34. The molecule has 0 heterocycles. The van der Waals surface area contributed by atoms with E-state index in [1.807, 2.05) is 0 Å². The van der Waals surface area contributed by atoms with E-state index in [-0.39, 0.29) is 17.4 Å². The lowest BCUT2D eigenvalue weighted by Crippen LogP contribution is -2.46. The van der Waals surface area contributed by atoms with E-state index in [9.17, 15) is 4.79 Å². The molecular formula is C13H26N2O2. The third-order valence-electron chi connectivity index (χ3n) is 3.78. The van der Waals surface area contributed by atoms with Crippen LogP contribution in [-0.2, 0) is 4.79 Å². The largest absolute Gasteiger partial charge is 0.393 e. The van der Waals surface area contributed by atoms with Gasteiger partial charge in [-0.1, -0.05) is 25.7 Å². The summed E-state index contributed by atoms with van der Waals surface area (Å²) < 4.78 is 0. The van der Waals surface area contributed by atoms with Crippen molar-refractivity contribution >= 4 is 5.91 Å². The van der Waals surface area contributed by atoms with Gasteiger partial charge in [0.1, 0.15) is 0 Å². The third-order valence-corrected chi connectivity index (χ3v) is 3.78. The lowest BCUT2D eigenvalue weighted by atomic mass is 9.79. The molecule has 1 fully saturated rings. The zero-order valence-corrected chi connectivity index (χ0v) is 10.9. The second kappa shape index (κ2) is 6.97. The number of aliphatic hydroxyl groups is 1. The van der Waals surface area contributed by atoms with E-state index in [4.69, 9.17) is 10.8 Å². The van der Waals surface area contributed by atoms with Crippen LogP contribution in [0, 0.1) is 5.41 Å². The number of amides is 1. The molecule has 1 unspecified atom stereocenters. The number of carbonyl (C=O) groups excluding carboxylic acids is 1. The molecule has 0 saturated heterocycles. The SMILES string of the molecule is CC(O)CCNC(=O)C1(CN)CCCCCC1. The molecule has 0 aromatic carbocycles. The van der Waals surface area contributed by atoms with Crippen molar-refractivity contribution in [2.75, 3.05) is 13.1 Å². The molecule has 100 valence electrons. The highest BCUT2D eigenvalue weighted by atomic mass is 16.3. The third kappa shape index (κ3) is 4.28. The minimum Gasteiger partial charge on any atom is -0.393 e. The number of nitrogens with two attached hydrogens (primary N) is 1. The second-order valence-corrected chi connectivity index (χ2v) is 5.29. The Labute approximate surface area is 104 Å². The monoisotopic (exact) mass is 242 g/mol. The Morgan fingerprint density at radius 1 is 1.35 bits per heavy atom. The summed E-state index contributed by atoms with van der Waals surface area (Å²) in [5.74, 6) is 0.0857. The lowest BCUT2D eigenvalue weighted by Gasteiger charge is -2.30. The van der Waals surface area contributed by atoms with Gasteiger partial charge in [0.15, 0.2) is 0 Å². The molecule has 0 aliphatic heterocycles. The van der Waals surface area contributed by atoms with Crippen LogP contribution in [0.25, 0.3) is 0 Å². The smallest absolute Gasteiger partial charge is 0.227 e. The van der Waals surface area contributed by atoms with Crippen LogP contribution in [0.1, 0.15) is 51.9 Å². The number of carbonyl (C=O) groups is 1. The van der Waals surface area contributed by atoms with Crippen molar-refractivity contribution in [2.45, 2.75) is 58.0 Å². The van der Waals surface area contributed by atoms with Crippen molar-refractivity contribution in [3.05, 3.63) is 0 Å². The first-order valence-corrected chi connectivity index (χ1v) is 6.77. The number of nitrogens with one attached hydrogen (secondary N) is 1. The Bertz CT molecular complexity index is 234. The summed E-state index contributed by atoms with van der Waals surface area (Å²) in [6.45, 7) is 2.71. The summed E-state index contributed by atoms with van der Waals surface area (Å²) in [5, 5.41) is 12.1. The minimum atomic E-state index is -0.363. The van der Waals surface area contributed by atoms with Crippen LogP contribution in [0.2, 0.25) is 0 Å². The zero-order chi connectivity index (χ0) is 12.7. The topological polar surface area (TPSA) is 75.3 Å². The molecule has 17 heavy (non-hydrogen) atoms. The molecule has 1 saturated carbocycles. The van der Waals surface area contributed by atoms with Gasteiger partial charge in [-0.25, -0.2) is 0 Å². The maximum Gasteiger partial charge on any atom is 0.227 e. The van der Waals surface area contributed by atoms with E-state index < -0.39 is 0 Å². The first-order valence-electron chi connectivity index (χ1n) is 6.77. The Morgan fingerprint density at radius 3 is 2.41 bits per heavy atom. The van der Waals surface area contributed by atoms with Gasteiger partial charge in [0.2, 0.25) is 5.91 Å². The molecule has 4 nitrogen and oxygen atoms in total. The van der Waals surface area contributed by atoms with Crippen LogP contribution in [0.3, 0.4) is 0 Å². The van der Waals surface area contributed by atoms with E-state index in [1.165, 1.54) is 12.8 Å². The van der Waals surface area contributed by atoms with Crippen LogP contribution in [-0.4, -0.2) is 30.2 Å². The first kappa shape index (κ1) is 14.5. The Kier molecular flexibility index (Phi) is 5.92. The average molecular weight is 242 g/mol. The normalized spacial score (nSPS) is 21.6. The van der Waals surface area contributed by atoms with Crippen LogP contribution in [0.15, 0.2) is 0 Å². The number of aliphatic hydroxyl groups excluding tert-OH is 1. The summed E-state index contributed by atoms with van der Waals surface area (Å²) in [7, 11) is 0. The number of rotatable bonds is 5. The molecule has 1 rings (SSSR count). The standard InChI is InChI=1S/C13H26N2O2/c1-11(16)6-9-15-12(17)13(10-14)7-4-2-3-5-8-13/h11,16H,2-10,14H2,1H3,(H,15,17). The van der Waals surface area contributed by atoms with E-state index in [2.05, 4.69) is 5.32 Å². The van der Waals surface area contributed by atoms with Crippen LogP contribution in [0.4, 0.5) is 0 Å². The number of hydrogen-bond donors (Lipinski definition) is 3. The van der Waals surface area contributed by atoms with Gasteiger partial charge in [-0.15, -0.1) is 0 Å². The predicted octanol–water partition coefficient (Wildman–Crippen LogP) is 1.17. The summed E-state index contributed by atoms with van der Waals surface area (Å²) >= 11 is 0.